The first-order chi connectivity index (χ1) is 11.8. The van der Waals surface area contributed by atoms with E-state index >= 15 is 0 Å². The van der Waals surface area contributed by atoms with Gasteiger partial charge in [0.2, 0.25) is 5.75 Å². The zero-order chi connectivity index (χ0) is 18.2. The molecule has 3 rings (SSSR count). The lowest BCUT2D eigenvalue weighted by Gasteiger charge is -2.13. The van der Waals surface area contributed by atoms with Crippen LogP contribution in [0.4, 0.5) is 13.2 Å². The number of aromatic nitrogens is 3. The van der Waals surface area contributed by atoms with E-state index in [-0.39, 0.29) is 27.3 Å². The highest BCUT2D eigenvalue weighted by molar-refractivity contribution is 7.03. The van der Waals surface area contributed by atoms with Gasteiger partial charge in [0.25, 0.3) is 5.56 Å². The van der Waals surface area contributed by atoms with Crippen LogP contribution in [-0.4, -0.2) is 14.3 Å². The van der Waals surface area contributed by atoms with E-state index in [0.717, 1.165) is 11.5 Å². The molecule has 0 saturated carbocycles. The van der Waals surface area contributed by atoms with E-state index in [4.69, 9.17) is 27.9 Å². The first kappa shape index (κ1) is 17.7. The Morgan fingerprint density at radius 2 is 1.92 bits per heavy atom. The summed E-state index contributed by atoms with van der Waals surface area (Å²) in [5.41, 5.74) is -2.45. The van der Waals surface area contributed by atoms with E-state index in [2.05, 4.69) is 14.3 Å². The Bertz CT molecular complexity index is 974. The number of H-pyrrole nitrogens is 1. The summed E-state index contributed by atoms with van der Waals surface area (Å²) in [4.78, 5) is 17.8. The SMILES string of the molecule is O=c1[nH]c(-c2ccsn2)nc(C(F)(F)F)c1Oc1ccc(Cl)c(Cl)c1. The molecule has 0 aliphatic carbocycles. The molecule has 1 aromatic carbocycles. The van der Waals surface area contributed by atoms with Crippen molar-refractivity contribution in [2.45, 2.75) is 6.18 Å². The summed E-state index contributed by atoms with van der Waals surface area (Å²) in [5.74, 6) is -1.39. The minimum Gasteiger partial charge on any atom is -0.449 e. The summed E-state index contributed by atoms with van der Waals surface area (Å²) in [6.07, 6.45) is -4.91. The highest BCUT2D eigenvalue weighted by atomic mass is 35.5. The van der Waals surface area contributed by atoms with Gasteiger partial charge < -0.3 is 9.72 Å². The summed E-state index contributed by atoms with van der Waals surface area (Å²) in [7, 11) is 0. The van der Waals surface area contributed by atoms with Crippen molar-refractivity contribution in [2.24, 2.45) is 0 Å². The number of nitrogens with zero attached hydrogens (tertiary/aromatic N) is 2. The molecule has 3 aromatic rings. The molecule has 0 aliphatic heterocycles. The fraction of sp³-hybridized carbons (Fsp3) is 0.0714. The molecule has 0 aliphatic rings. The van der Waals surface area contributed by atoms with Gasteiger partial charge in [-0.15, -0.1) is 0 Å². The second-order valence-electron chi connectivity index (χ2n) is 4.65. The van der Waals surface area contributed by atoms with Crippen LogP contribution in [0.2, 0.25) is 10.0 Å². The van der Waals surface area contributed by atoms with Crippen molar-refractivity contribution in [1.29, 1.82) is 0 Å². The number of rotatable bonds is 3. The lowest BCUT2D eigenvalue weighted by Crippen LogP contribution is -2.20. The maximum absolute atomic E-state index is 13.3. The monoisotopic (exact) mass is 407 g/mol. The quantitative estimate of drug-likeness (QED) is 0.662. The number of hydrogen-bond donors (Lipinski definition) is 1. The molecule has 25 heavy (non-hydrogen) atoms. The summed E-state index contributed by atoms with van der Waals surface area (Å²) in [6.45, 7) is 0. The topological polar surface area (TPSA) is 67.9 Å². The van der Waals surface area contributed by atoms with E-state index in [1.54, 1.807) is 5.38 Å². The predicted octanol–water partition coefficient (Wildman–Crippen LogP) is 5.01. The van der Waals surface area contributed by atoms with Crippen LogP contribution in [0.15, 0.2) is 34.4 Å². The summed E-state index contributed by atoms with van der Waals surface area (Å²) < 4.78 is 49.0. The molecule has 2 heterocycles. The average Bonchev–Trinajstić information content (AvgIpc) is 3.06. The average molecular weight is 408 g/mol. The van der Waals surface area contributed by atoms with Crippen molar-refractivity contribution in [1.82, 2.24) is 14.3 Å². The van der Waals surface area contributed by atoms with Crippen molar-refractivity contribution in [3.63, 3.8) is 0 Å². The molecule has 0 bridgehead atoms. The van der Waals surface area contributed by atoms with Gasteiger partial charge in [-0.3, -0.25) is 4.79 Å². The van der Waals surface area contributed by atoms with Crippen LogP contribution in [0.1, 0.15) is 5.69 Å². The van der Waals surface area contributed by atoms with Crippen LogP contribution in [0.3, 0.4) is 0 Å². The van der Waals surface area contributed by atoms with Crippen LogP contribution in [-0.2, 0) is 6.18 Å². The summed E-state index contributed by atoms with van der Waals surface area (Å²) >= 11 is 12.6. The molecule has 0 saturated heterocycles. The van der Waals surface area contributed by atoms with Gasteiger partial charge in [-0.1, -0.05) is 23.2 Å². The molecular formula is C14H6Cl2F3N3O2S. The molecule has 0 amide bonds. The number of benzene rings is 1. The Balaban J connectivity index is 2.12. The number of alkyl halides is 3. The van der Waals surface area contributed by atoms with Gasteiger partial charge in [0, 0.05) is 11.4 Å². The molecular weight excluding hydrogens is 402 g/mol. The Morgan fingerprint density at radius 1 is 1.16 bits per heavy atom. The van der Waals surface area contributed by atoms with E-state index in [0.29, 0.717) is 0 Å². The minimum atomic E-state index is -4.91. The van der Waals surface area contributed by atoms with Crippen molar-refractivity contribution in [2.75, 3.05) is 0 Å². The molecule has 0 radical (unpaired) electrons. The van der Waals surface area contributed by atoms with E-state index in [1.165, 1.54) is 24.3 Å². The minimum absolute atomic E-state index is 0.0659. The largest absolute Gasteiger partial charge is 0.449 e. The lowest BCUT2D eigenvalue weighted by atomic mass is 10.3. The van der Waals surface area contributed by atoms with Gasteiger partial charge in [0.05, 0.1) is 10.0 Å². The first-order valence-electron chi connectivity index (χ1n) is 6.51. The Hall–Kier alpha value is -2.10. The third kappa shape index (κ3) is 3.78. The molecule has 0 atom stereocenters. The molecule has 2 aromatic heterocycles. The van der Waals surface area contributed by atoms with Crippen LogP contribution >= 0.6 is 34.7 Å². The number of hydrogen-bond acceptors (Lipinski definition) is 5. The Kier molecular flexibility index (Phi) is 4.72. The van der Waals surface area contributed by atoms with E-state index in [1.807, 2.05) is 0 Å². The first-order valence-corrected chi connectivity index (χ1v) is 8.10. The second kappa shape index (κ2) is 6.66. The van der Waals surface area contributed by atoms with Gasteiger partial charge in [0.15, 0.2) is 11.5 Å². The highest BCUT2D eigenvalue weighted by Crippen LogP contribution is 2.36. The highest BCUT2D eigenvalue weighted by Gasteiger charge is 2.39. The number of ether oxygens (including phenoxy) is 1. The fourth-order valence-electron chi connectivity index (χ4n) is 1.86. The van der Waals surface area contributed by atoms with Crippen molar-refractivity contribution in [3.05, 3.63) is 55.7 Å². The van der Waals surface area contributed by atoms with Gasteiger partial charge in [-0.05, 0) is 29.7 Å². The third-order valence-corrected chi connectivity index (χ3v) is 4.24. The van der Waals surface area contributed by atoms with Crippen LogP contribution < -0.4 is 10.3 Å². The molecule has 1 N–H and O–H groups in total. The summed E-state index contributed by atoms with van der Waals surface area (Å²) in [6, 6.07) is 5.24. The fourth-order valence-corrected chi connectivity index (χ4v) is 2.66. The molecule has 0 spiro atoms. The van der Waals surface area contributed by atoms with Crippen molar-refractivity contribution >= 4 is 34.7 Å². The maximum Gasteiger partial charge on any atom is 0.437 e. The van der Waals surface area contributed by atoms with Gasteiger partial charge in [0.1, 0.15) is 11.4 Å². The van der Waals surface area contributed by atoms with Crippen molar-refractivity contribution in [3.8, 4) is 23.0 Å². The third-order valence-electron chi connectivity index (χ3n) is 2.94. The molecule has 11 heteroatoms. The standard InChI is InChI=1S/C14H6Cl2F3N3O2S/c15-7-2-1-6(5-8(7)16)24-10-11(14(17,18)19)20-12(21-13(10)23)9-3-4-25-22-9/h1-5H,(H,20,21,23). The Labute approximate surface area is 152 Å². The van der Waals surface area contributed by atoms with Crippen molar-refractivity contribution < 1.29 is 17.9 Å². The van der Waals surface area contributed by atoms with E-state index in [9.17, 15) is 18.0 Å². The van der Waals surface area contributed by atoms with Crippen LogP contribution in [0.5, 0.6) is 11.5 Å². The van der Waals surface area contributed by atoms with E-state index < -0.39 is 23.2 Å². The van der Waals surface area contributed by atoms with Gasteiger partial charge in [-0.25, -0.2) is 4.98 Å². The molecule has 130 valence electrons. The van der Waals surface area contributed by atoms with Crippen LogP contribution in [0, 0.1) is 0 Å². The maximum atomic E-state index is 13.3. The number of aromatic amines is 1. The smallest absolute Gasteiger partial charge is 0.437 e. The second-order valence-corrected chi connectivity index (χ2v) is 6.13. The molecule has 0 fully saturated rings. The summed E-state index contributed by atoms with van der Waals surface area (Å²) in [5, 5.41) is 1.80. The van der Waals surface area contributed by atoms with Gasteiger partial charge in [-0.2, -0.15) is 17.5 Å². The molecule has 0 unspecified atom stereocenters. The molecule has 5 nitrogen and oxygen atoms in total. The zero-order valence-electron chi connectivity index (χ0n) is 11.9. The zero-order valence-corrected chi connectivity index (χ0v) is 14.2. The van der Waals surface area contributed by atoms with Crippen LogP contribution in [0.25, 0.3) is 11.5 Å². The van der Waals surface area contributed by atoms with Gasteiger partial charge >= 0.3 is 6.18 Å². The Morgan fingerprint density at radius 3 is 2.52 bits per heavy atom. The normalized spacial score (nSPS) is 11.6. The lowest BCUT2D eigenvalue weighted by molar-refractivity contribution is -0.142. The number of halogens is 5. The number of nitrogens with one attached hydrogen (secondary N) is 1. The predicted molar refractivity (Wildman–Crippen MR) is 87.5 cm³/mol.